The van der Waals surface area contributed by atoms with Gasteiger partial charge in [0.15, 0.2) is 0 Å². The van der Waals surface area contributed by atoms with Crippen LogP contribution < -0.4 is 10.6 Å². The molecule has 1 saturated heterocycles. The summed E-state index contributed by atoms with van der Waals surface area (Å²) in [5, 5.41) is 13.9. The van der Waals surface area contributed by atoms with Crippen molar-refractivity contribution >= 4 is 17.9 Å². The Kier molecular flexibility index (Phi) is 8.83. The number of carbonyl (C=O) groups is 3. The first-order valence-corrected chi connectivity index (χ1v) is 11.3. The van der Waals surface area contributed by atoms with Gasteiger partial charge in [-0.2, -0.15) is 0 Å². The van der Waals surface area contributed by atoms with Gasteiger partial charge in [0.2, 0.25) is 11.8 Å². The van der Waals surface area contributed by atoms with E-state index in [4.69, 9.17) is 5.11 Å². The van der Waals surface area contributed by atoms with E-state index in [1.54, 1.807) is 6.92 Å². The highest BCUT2D eigenvalue weighted by molar-refractivity contribution is 5.88. The molecule has 3 rings (SSSR count). The number of benzene rings is 2. The molecule has 1 atom stereocenters. The SMILES string of the molecule is CCC(=O)N[C@H](Cc1ccc(CNC(=O)O)cc1)C(=O)N1CCN(Cc2ccccc2)CC1. The van der Waals surface area contributed by atoms with E-state index >= 15 is 0 Å². The van der Waals surface area contributed by atoms with E-state index in [2.05, 4.69) is 27.7 Å². The normalized spacial score (nSPS) is 15.0. The van der Waals surface area contributed by atoms with Crippen LogP contribution in [-0.2, 0) is 29.1 Å². The van der Waals surface area contributed by atoms with Gasteiger partial charge in [-0.25, -0.2) is 4.79 Å². The lowest BCUT2D eigenvalue weighted by molar-refractivity contribution is -0.138. The molecule has 0 unspecified atom stereocenters. The second-order valence-corrected chi connectivity index (χ2v) is 8.24. The number of amides is 3. The van der Waals surface area contributed by atoms with Crippen molar-refractivity contribution in [1.82, 2.24) is 20.4 Å². The van der Waals surface area contributed by atoms with Crippen molar-refractivity contribution in [3.63, 3.8) is 0 Å². The Morgan fingerprint density at radius 3 is 2.15 bits per heavy atom. The molecule has 0 saturated carbocycles. The quantitative estimate of drug-likeness (QED) is 0.542. The summed E-state index contributed by atoms with van der Waals surface area (Å²) < 4.78 is 0. The molecule has 2 aromatic rings. The van der Waals surface area contributed by atoms with Crippen LogP contribution in [0.4, 0.5) is 4.79 Å². The largest absolute Gasteiger partial charge is 0.465 e. The lowest BCUT2D eigenvalue weighted by atomic mass is 10.0. The number of nitrogens with one attached hydrogen (secondary N) is 2. The molecule has 8 nitrogen and oxygen atoms in total. The second kappa shape index (κ2) is 12.0. The van der Waals surface area contributed by atoms with Crippen molar-refractivity contribution in [3.8, 4) is 0 Å². The van der Waals surface area contributed by atoms with Gasteiger partial charge in [-0.05, 0) is 16.7 Å². The maximum Gasteiger partial charge on any atom is 0.404 e. The van der Waals surface area contributed by atoms with E-state index in [-0.39, 0.29) is 18.4 Å². The Bertz CT molecular complexity index is 925. The molecule has 0 radical (unpaired) electrons. The lowest BCUT2D eigenvalue weighted by Gasteiger charge is -2.36. The average Bonchev–Trinajstić information content (AvgIpc) is 2.83. The molecular weight excluding hydrogens is 420 g/mol. The smallest absolute Gasteiger partial charge is 0.404 e. The molecule has 0 spiro atoms. The average molecular weight is 453 g/mol. The second-order valence-electron chi connectivity index (χ2n) is 8.24. The van der Waals surface area contributed by atoms with Crippen LogP contribution in [0.25, 0.3) is 0 Å². The Balaban J connectivity index is 1.59. The van der Waals surface area contributed by atoms with Gasteiger partial charge < -0.3 is 20.6 Å². The van der Waals surface area contributed by atoms with Crippen LogP contribution in [0.2, 0.25) is 0 Å². The van der Waals surface area contributed by atoms with Gasteiger partial charge >= 0.3 is 6.09 Å². The summed E-state index contributed by atoms with van der Waals surface area (Å²) in [6.45, 7) is 5.69. The molecule has 0 aliphatic carbocycles. The fourth-order valence-electron chi connectivity index (χ4n) is 3.89. The van der Waals surface area contributed by atoms with E-state index in [0.29, 0.717) is 25.9 Å². The number of rotatable bonds is 9. The monoisotopic (exact) mass is 452 g/mol. The van der Waals surface area contributed by atoms with Crippen LogP contribution in [0.3, 0.4) is 0 Å². The van der Waals surface area contributed by atoms with Crippen molar-refractivity contribution in [2.75, 3.05) is 26.2 Å². The van der Waals surface area contributed by atoms with Crippen LogP contribution in [0.1, 0.15) is 30.0 Å². The summed E-state index contributed by atoms with van der Waals surface area (Å²) in [5.74, 6) is -0.217. The zero-order chi connectivity index (χ0) is 23.6. The van der Waals surface area contributed by atoms with Crippen LogP contribution in [0, 0.1) is 0 Å². The molecule has 0 bridgehead atoms. The van der Waals surface area contributed by atoms with Gasteiger partial charge in [-0.15, -0.1) is 0 Å². The van der Waals surface area contributed by atoms with Gasteiger partial charge in [-0.1, -0.05) is 61.5 Å². The number of hydrogen-bond acceptors (Lipinski definition) is 4. The molecule has 8 heteroatoms. The molecule has 1 heterocycles. The Morgan fingerprint density at radius 2 is 1.55 bits per heavy atom. The minimum absolute atomic E-state index is 0.0622. The fraction of sp³-hybridized carbons (Fsp3) is 0.400. The third-order valence-corrected chi connectivity index (χ3v) is 5.79. The van der Waals surface area contributed by atoms with Gasteiger partial charge in [0.05, 0.1) is 0 Å². The fourth-order valence-corrected chi connectivity index (χ4v) is 3.89. The Morgan fingerprint density at radius 1 is 0.909 bits per heavy atom. The zero-order valence-corrected chi connectivity index (χ0v) is 19.0. The molecule has 176 valence electrons. The Labute approximate surface area is 194 Å². The van der Waals surface area contributed by atoms with Crippen molar-refractivity contribution in [2.24, 2.45) is 0 Å². The van der Waals surface area contributed by atoms with Gasteiger partial charge in [0, 0.05) is 52.1 Å². The van der Waals surface area contributed by atoms with Crippen LogP contribution in [0.5, 0.6) is 0 Å². The topological polar surface area (TPSA) is 102 Å². The Hall–Kier alpha value is -3.39. The highest BCUT2D eigenvalue weighted by atomic mass is 16.4. The standard InChI is InChI=1S/C25H32N4O4/c1-2-23(30)27-22(16-19-8-10-20(11-9-19)17-26-25(32)33)24(31)29-14-12-28(13-15-29)18-21-6-4-3-5-7-21/h3-11,22,26H,2,12-18H2,1H3,(H,27,30)(H,32,33)/t22-/m1/s1. The number of nitrogens with zero attached hydrogens (tertiary/aromatic N) is 2. The predicted molar refractivity (Wildman–Crippen MR) is 126 cm³/mol. The third kappa shape index (κ3) is 7.61. The van der Waals surface area contributed by atoms with Crippen molar-refractivity contribution < 1.29 is 19.5 Å². The van der Waals surface area contributed by atoms with Gasteiger partial charge in [-0.3, -0.25) is 14.5 Å². The summed E-state index contributed by atoms with van der Waals surface area (Å²) in [7, 11) is 0. The van der Waals surface area contributed by atoms with E-state index in [0.717, 1.165) is 30.8 Å². The first kappa shape index (κ1) is 24.3. The maximum absolute atomic E-state index is 13.3. The molecule has 1 aliphatic rings. The van der Waals surface area contributed by atoms with Crippen molar-refractivity contribution in [1.29, 1.82) is 0 Å². The van der Waals surface area contributed by atoms with E-state index in [1.807, 2.05) is 47.4 Å². The highest BCUT2D eigenvalue weighted by Crippen LogP contribution is 2.13. The molecule has 0 aromatic heterocycles. The highest BCUT2D eigenvalue weighted by Gasteiger charge is 2.28. The van der Waals surface area contributed by atoms with Crippen LogP contribution >= 0.6 is 0 Å². The molecule has 33 heavy (non-hydrogen) atoms. The summed E-state index contributed by atoms with van der Waals surface area (Å²) in [4.78, 5) is 40.2. The van der Waals surface area contributed by atoms with E-state index in [9.17, 15) is 14.4 Å². The van der Waals surface area contributed by atoms with E-state index < -0.39 is 12.1 Å². The maximum atomic E-state index is 13.3. The number of piperazine rings is 1. The first-order chi connectivity index (χ1) is 15.9. The first-order valence-electron chi connectivity index (χ1n) is 11.3. The van der Waals surface area contributed by atoms with Crippen molar-refractivity contribution in [2.45, 2.75) is 38.9 Å². The molecule has 3 N–H and O–H groups in total. The number of hydrogen-bond donors (Lipinski definition) is 3. The molecule has 3 amide bonds. The minimum atomic E-state index is -1.07. The predicted octanol–water partition coefficient (Wildman–Crippen LogP) is 2.24. The van der Waals surface area contributed by atoms with Gasteiger partial charge in [0.25, 0.3) is 0 Å². The van der Waals surface area contributed by atoms with E-state index in [1.165, 1.54) is 5.56 Å². The summed E-state index contributed by atoms with van der Waals surface area (Å²) >= 11 is 0. The van der Waals surface area contributed by atoms with Gasteiger partial charge in [0.1, 0.15) is 6.04 Å². The van der Waals surface area contributed by atoms with Crippen LogP contribution in [-0.4, -0.2) is 65.0 Å². The van der Waals surface area contributed by atoms with Crippen molar-refractivity contribution in [3.05, 3.63) is 71.3 Å². The lowest BCUT2D eigenvalue weighted by Crippen LogP contribution is -2.55. The molecule has 1 fully saturated rings. The number of carboxylic acid groups (broad SMARTS) is 1. The summed E-state index contributed by atoms with van der Waals surface area (Å²) in [6, 6.07) is 17.1. The minimum Gasteiger partial charge on any atom is -0.465 e. The zero-order valence-electron chi connectivity index (χ0n) is 19.0. The molecular formula is C25H32N4O4. The summed E-state index contributed by atoms with van der Waals surface area (Å²) in [6.07, 6.45) is -0.369. The summed E-state index contributed by atoms with van der Waals surface area (Å²) in [5.41, 5.74) is 3.00. The van der Waals surface area contributed by atoms with Crippen LogP contribution in [0.15, 0.2) is 54.6 Å². The molecule has 2 aromatic carbocycles. The number of carbonyl (C=O) groups excluding carboxylic acids is 2. The molecule has 1 aliphatic heterocycles. The third-order valence-electron chi connectivity index (χ3n) is 5.79.